The van der Waals surface area contributed by atoms with Crippen LogP contribution >= 0.6 is 22.9 Å². The average molecular weight is 390 g/mol. The first-order valence-corrected chi connectivity index (χ1v) is 9.75. The third-order valence-corrected chi connectivity index (χ3v) is 6.01. The minimum atomic E-state index is -0.528. The predicted octanol–water partition coefficient (Wildman–Crippen LogP) is 4.30. The maximum absolute atomic E-state index is 12.9. The number of anilines is 1. The minimum absolute atomic E-state index is 0.160. The summed E-state index contributed by atoms with van der Waals surface area (Å²) < 4.78 is 5.47. The number of halogens is 1. The summed E-state index contributed by atoms with van der Waals surface area (Å²) in [5, 5.41) is 2.14. The quantitative estimate of drug-likeness (QED) is 0.446. The van der Waals surface area contributed by atoms with Gasteiger partial charge in [0.1, 0.15) is 4.88 Å². The summed E-state index contributed by atoms with van der Waals surface area (Å²) in [5.74, 6) is -1.38. The molecule has 1 aromatic carbocycles. The van der Waals surface area contributed by atoms with Gasteiger partial charge in [-0.25, -0.2) is 9.69 Å². The molecule has 0 spiro atoms. The Morgan fingerprint density at radius 1 is 1.12 bits per heavy atom. The lowest BCUT2D eigenvalue weighted by atomic mass is 9.81. The molecule has 0 N–H and O–H groups in total. The van der Waals surface area contributed by atoms with Crippen molar-refractivity contribution in [2.45, 2.75) is 25.7 Å². The van der Waals surface area contributed by atoms with Crippen LogP contribution < -0.4 is 9.64 Å². The number of benzene rings is 1. The van der Waals surface area contributed by atoms with Crippen molar-refractivity contribution in [3.63, 3.8) is 0 Å². The van der Waals surface area contributed by atoms with Crippen LogP contribution in [0, 0.1) is 11.8 Å². The molecule has 2 aliphatic rings. The topological polar surface area (TPSA) is 63.7 Å². The number of ether oxygens (including phenoxy) is 1. The molecule has 5 nitrogen and oxygen atoms in total. The summed E-state index contributed by atoms with van der Waals surface area (Å²) in [6.45, 7) is 0. The van der Waals surface area contributed by atoms with Gasteiger partial charge in [-0.15, -0.1) is 11.3 Å². The summed E-state index contributed by atoms with van der Waals surface area (Å²) in [4.78, 5) is 39.6. The third kappa shape index (κ3) is 2.93. The van der Waals surface area contributed by atoms with E-state index in [0.717, 1.165) is 30.6 Å². The SMILES string of the molecule is O=C(Oc1ccc(Cl)cc1N1C(=O)C2CCCCC2C1=O)c1cccs1. The number of amides is 2. The molecule has 134 valence electrons. The molecular formula is C19H16ClNO4S. The van der Waals surface area contributed by atoms with Crippen molar-refractivity contribution in [3.05, 3.63) is 45.6 Å². The molecule has 2 aromatic rings. The van der Waals surface area contributed by atoms with Crippen LogP contribution in [0.3, 0.4) is 0 Å². The van der Waals surface area contributed by atoms with Crippen molar-refractivity contribution in [3.8, 4) is 5.75 Å². The van der Waals surface area contributed by atoms with Crippen LogP contribution in [-0.4, -0.2) is 17.8 Å². The van der Waals surface area contributed by atoms with Crippen LogP contribution in [0.5, 0.6) is 5.75 Å². The highest BCUT2D eigenvalue weighted by atomic mass is 35.5. The highest BCUT2D eigenvalue weighted by Crippen LogP contribution is 2.43. The summed E-state index contributed by atoms with van der Waals surface area (Å²) >= 11 is 7.35. The molecule has 1 aliphatic carbocycles. The summed E-state index contributed by atoms with van der Waals surface area (Å²) in [7, 11) is 0. The fourth-order valence-electron chi connectivity index (χ4n) is 3.70. The molecule has 1 saturated carbocycles. The van der Waals surface area contributed by atoms with Crippen molar-refractivity contribution in [2.75, 3.05) is 4.90 Å². The van der Waals surface area contributed by atoms with E-state index in [1.165, 1.54) is 23.5 Å². The van der Waals surface area contributed by atoms with Crippen molar-refractivity contribution in [1.82, 2.24) is 0 Å². The van der Waals surface area contributed by atoms with Crippen molar-refractivity contribution < 1.29 is 19.1 Å². The van der Waals surface area contributed by atoms with E-state index in [-0.39, 0.29) is 35.1 Å². The molecule has 1 saturated heterocycles. The molecular weight excluding hydrogens is 374 g/mol. The predicted molar refractivity (Wildman–Crippen MR) is 98.7 cm³/mol. The molecule has 4 rings (SSSR count). The molecule has 2 fully saturated rings. The molecule has 0 bridgehead atoms. The molecule has 1 aliphatic heterocycles. The molecule has 2 unspecified atom stereocenters. The number of carbonyl (C=O) groups excluding carboxylic acids is 3. The molecule has 1 aromatic heterocycles. The van der Waals surface area contributed by atoms with Gasteiger partial charge in [0.05, 0.1) is 17.5 Å². The second kappa shape index (κ2) is 6.85. The first-order valence-electron chi connectivity index (χ1n) is 8.49. The van der Waals surface area contributed by atoms with Gasteiger partial charge in [-0.3, -0.25) is 9.59 Å². The number of imide groups is 1. The highest BCUT2D eigenvalue weighted by Gasteiger charge is 2.49. The molecule has 7 heteroatoms. The molecule has 2 amide bonds. The van der Waals surface area contributed by atoms with Gasteiger partial charge >= 0.3 is 5.97 Å². The van der Waals surface area contributed by atoms with Gasteiger partial charge in [0, 0.05) is 5.02 Å². The normalized spacial score (nSPS) is 22.4. The number of carbonyl (C=O) groups is 3. The molecule has 26 heavy (non-hydrogen) atoms. The van der Waals surface area contributed by atoms with E-state index in [4.69, 9.17) is 16.3 Å². The second-order valence-corrected chi connectivity index (χ2v) is 7.87. The Balaban J connectivity index is 1.69. The number of esters is 1. The zero-order valence-corrected chi connectivity index (χ0v) is 15.4. The van der Waals surface area contributed by atoms with Crippen LogP contribution in [0.25, 0.3) is 0 Å². The highest BCUT2D eigenvalue weighted by molar-refractivity contribution is 7.12. The second-order valence-electron chi connectivity index (χ2n) is 6.49. The van der Waals surface area contributed by atoms with Crippen LogP contribution in [-0.2, 0) is 9.59 Å². The number of rotatable bonds is 3. The Morgan fingerprint density at radius 2 is 1.81 bits per heavy atom. The number of hydrogen-bond donors (Lipinski definition) is 0. The number of hydrogen-bond acceptors (Lipinski definition) is 5. The van der Waals surface area contributed by atoms with E-state index in [9.17, 15) is 14.4 Å². The smallest absolute Gasteiger partial charge is 0.353 e. The summed E-state index contributed by atoms with van der Waals surface area (Å²) in [5.41, 5.74) is 0.242. The molecule has 0 radical (unpaired) electrons. The van der Waals surface area contributed by atoms with E-state index >= 15 is 0 Å². The largest absolute Gasteiger partial charge is 0.420 e. The van der Waals surface area contributed by atoms with E-state index in [1.807, 2.05) is 0 Å². The van der Waals surface area contributed by atoms with Gasteiger partial charge in [0.15, 0.2) is 5.75 Å². The van der Waals surface area contributed by atoms with Gasteiger partial charge in [0.2, 0.25) is 11.8 Å². The third-order valence-electron chi connectivity index (χ3n) is 4.93. The zero-order chi connectivity index (χ0) is 18.3. The van der Waals surface area contributed by atoms with E-state index < -0.39 is 5.97 Å². The van der Waals surface area contributed by atoms with Crippen LogP contribution in [0.2, 0.25) is 5.02 Å². The van der Waals surface area contributed by atoms with Gasteiger partial charge in [0.25, 0.3) is 0 Å². The monoisotopic (exact) mass is 389 g/mol. The zero-order valence-electron chi connectivity index (χ0n) is 13.8. The molecule has 2 atom stereocenters. The Kier molecular flexibility index (Phi) is 4.54. The maximum Gasteiger partial charge on any atom is 0.353 e. The summed E-state index contributed by atoms with van der Waals surface area (Å²) in [6, 6.07) is 8.00. The summed E-state index contributed by atoms with van der Waals surface area (Å²) in [6.07, 6.45) is 3.33. The van der Waals surface area contributed by atoms with E-state index in [1.54, 1.807) is 23.6 Å². The fourth-order valence-corrected chi connectivity index (χ4v) is 4.46. The lowest BCUT2D eigenvalue weighted by Crippen LogP contribution is -2.31. The lowest BCUT2D eigenvalue weighted by molar-refractivity contribution is -0.122. The number of fused-ring (bicyclic) bond motifs is 1. The maximum atomic E-state index is 12.9. The van der Waals surface area contributed by atoms with Gasteiger partial charge in [-0.05, 0) is 42.5 Å². The van der Waals surface area contributed by atoms with Crippen LogP contribution in [0.15, 0.2) is 35.7 Å². The van der Waals surface area contributed by atoms with Crippen molar-refractivity contribution >= 4 is 46.4 Å². The van der Waals surface area contributed by atoms with Gasteiger partial charge in [-0.1, -0.05) is 30.5 Å². The number of nitrogens with zero attached hydrogens (tertiary/aromatic N) is 1. The van der Waals surface area contributed by atoms with Gasteiger partial charge < -0.3 is 4.74 Å². The minimum Gasteiger partial charge on any atom is -0.420 e. The Bertz CT molecular complexity index is 856. The van der Waals surface area contributed by atoms with E-state index in [0.29, 0.717) is 9.90 Å². The number of thiophene rings is 1. The van der Waals surface area contributed by atoms with Crippen LogP contribution in [0.1, 0.15) is 35.4 Å². The Labute approximate surface area is 159 Å². The fraction of sp³-hybridized carbons (Fsp3) is 0.316. The average Bonchev–Trinajstić information content (AvgIpc) is 3.25. The standard InChI is InChI=1S/C19H16ClNO4S/c20-11-7-8-15(25-19(24)16-6-3-9-26-16)14(10-11)21-17(22)12-4-1-2-5-13(12)18(21)23/h3,6-10,12-13H,1-2,4-5H2. The van der Waals surface area contributed by atoms with Crippen molar-refractivity contribution in [1.29, 1.82) is 0 Å². The first-order chi connectivity index (χ1) is 12.6. The van der Waals surface area contributed by atoms with Gasteiger partial charge in [-0.2, -0.15) is 0 Å². The Hall–Kier alpha value is -2.18. The van der Waals surface area contributed by atoms with E-state index in [2.05, 4.69) is 0 Å². The Morgan fingerprint density at radius 3 is 2.42 bits per heavy atom. The van der Waals surface area contributed by atoms with Crippen LogP contribution in [0.4, 0.5) is 5.69 Å². The first kappa shape index (κ1) is 17.2. The molecule has 2 heterocycles. The van der Waals surface area contributed by atoms with Crippen molar-refractivity contribution in [2.24, 2.45) is 11.8 Å². The lowest BCUT2D eigenvalue weighted by Gasteiger charge is -2.19.